The predicted octanol–water partition coefficient (Wildman–Crippen LogP) is 1.34. The van der Waals surface area contributed by atoms with E-state index >= 15 is 0 Å². The molecule has 3 nitrogen and oxygen atoms in total. The van der Waals surface area contributed by atoms with E-state index in [1.165, 1.54) is 17.1 Å². The van der Waals surface area contributed by atoms with Crippen LogP contribution in [-0.2, 0) is 0 Å². The number of rotatable bonds is 1. The summed E-state index contributed by atoms with van der Waals surface area (Å²) in [5.41, 5.74) is 1.29. The van der Waals surface area contributed by atoms with Gasteiger partial charge in [0.15, 0.2) is 0 Å². The summed E-state index contributed by atoms with van der Waals surface area (Å²) in [5, 5.41) is 4.35. The summed E-state index contributed by atoms with van der Waals surface area (Å²) in [6, 6.07) is 0. The van der Waals surface area contributed by atoms with Gasteiger partial charge in [0, 0.05) is 6.54 Å². The van der Waals surface area contributed by atoms with Gasteiger partial charge in [-0.05, 0) is 30.1 Å². The molecule has 1 aliphatic heterocycles. The third-order valence-electron chi connectivity index (χ3n) is 1.66. The highest BCUT2D eigenvalue weighted by molar-refractivity contribution is 7.06. The second-order valence-electron chi connectivity index (χ2n) is 2.44. The summed E-state index contributed by atoms with van der Waals surface area (Å²) in [4.78, 5) is 4.14. The van der Waals surface area contributed by atoms with Crippen molar-refractivity contribution in [2.24, 2.45) is 0 Å². The molecule has 1 aliphatic rings. The van der Waals surface area contributed by atoms with Gasteiger partial charge in [0.2, 0.25) is 0 Å². The van der Waals surface area contributed by atoms with Crippen molar-refractivity contribution in [1.29, 1.82) is 0 Å². The van der Waals surface area contributed by atoms with Crippen molar-refractivity contribution in [1.82, 2.24) is 14.7 Å². The molecule has 0 unspecified atom stereocenters. The maximum absolute atomic E-state index is 4.14. The largest absolute Gasteiger partial charge is 0.312 e. The molecule has 2 rings (SSSR count). The molecule has 0 spiro atoms. The zero-order valence-electron chi connectivity index (χ0n) is 6.49. The molecule has 12 heavy (non-hydrogen) atoms. The number of hydrogen-bond acceptors (Lipinski definition) is 4. The number of nitrogens with zero attached hydrogens (tertiary/aromatic N) is 2. The van der Waals surface area contributed by atoms with Crippen molar-refractivity contribution in [2.45, 2.75) is 6.42 Å². The first kappa shape index (κ1) is 9.64. The van der Waals surface area contributed by atoms with Crippen LogP contribution in [-0.4, -0.2) is 22.4 Å². The van der Waals surface area contributed by atoms with Crippen molar-refractivity contribution in [2.75, 3.05) is 13.1 Å². The zero-order chi connectivity index (χ0) is 7.52. The first-order chi connectivity index (χ1) is 5.47. The van der Waals surface area contributed by atoms with Crippen LogP contribution in [0.3, 0.4) is 0 Å². The summed E-state index contributed by atoms with van der Waals surface area (Å²) < 4.78 is 3.96. The van der Waals surface area contributed by atoms with E-state index in [-0.39, 0.29) is 12.4 Å². The van der Waals surface area contributed by atoms with Crippen molar-refractivity contribution < 1.29 is 0 Å². The average molecular weight is 204 g/mol. The summed E-state index contributed by atoms with van der Waals surface area (Å²) in [6.45, 7) is 2.03. The van der Waals surface area contributed by atoms with Gasteiger partial charge in [-0.25, -0.2) is 4.98 Å². The van der Waals surface area contributed by atoms with E-state index in [9.17, 15) is 0 Å². The summed E-state index contributed by atoms with van der Waals surface area (Å²) in [6.07, 6.45) is 4.95. The van der Waals surface area contributed by atoms with Crippen LogP contribution in [0.5, 0.6) is 0 Å². The first-order valence-corrected chi connectivity index (χ1v) is 4.41. The SMILES string of the molecule is C1=C(c2ncns2)CNCC1.Cl. The highest BCUT2D eigenvalue weighted by atomic mass is 35.5. The van der Waals surface area contributed by atoms with Crippen LogP contribution in [0.1, 0.15) is 11.4 Å². The Morgan fingerprint density at radius 2 is 2.42 bits per heavy atom. The monoisotopic (exact) mass is 203 g/mol. The van der Waals surface area contributed by atoms with Crippen LogP contribution in [0.4, 0.5) is 0 Å². The predicted molar refractivity (Wildman–Crippen MR) is 52.6 cm³/mol. The van der Waals surface area contributed by atoms with Crippen LogP contribution < -0.4 is 5.32 Å². The number of hydrogen-bond donors (Lipinski definition) is 1. The van der Waals surface area contributed by atoms with E-state index in [1.54, 1.807) is 6.33 Å². The average Bonchev–Trinajstić information content (AvgIpc) is 2.58. The molecule has 5 heteroatoms. The lowest BCUT2D eigenvalue weighted by atomic mass is 10.2. The summed E-state index contributed by atoms with van der Waals surface area (Å²) in [7, 11) is 0. The normalized spacial score (nSPS) is 16.5. The molecule has 0 aromatic carbocycles. The molecule has 0 bridgehead atoms. The van der Waals surface area contributed by atoms with E-state index in [1.807, 2.05) is 0 Å². The molecule has 1 aromatic rings. The van der Waals surface area contributed by atoms with E-state index < -0.39 is 0 Å². The van der Waals surface area contributed by atoms with Crippen molar-refractivity contribution in [3.8, 4) is 0 Å². The highest BCUT2D eigenvalue weighted by Crippen LogP contribution is 2.16. The first-order valence-electron chi connectivity index (χ1n) is 3.63. The molecule has 0 amide bonds. The lowest BCUT2D eigenvalue weighted by molar-refractivity contribution is 0.738. The van der Waals surface area contributed by atoms with Gasteiger partial charge in [-0.1, -0.05) is 6.08 Å². The molecule has 66 valence electrons. The molecule has 1 N–H and O–H groups in total. The van der Waals surface area contributed by atoms with Gasteiger partial charge < -0.3 is 5.32 Å². The minimum absolute atomic E-state index is 0. The van der Waals surface area contributed by atoms with Crippen LogP contribution in [0.15, 0.2) is 12.4 Å². The molecular weight excluding hydrogens is 194 g/mol. The van der Waals surface area contributed by atoms with Gasteiger partial charge in [-0.15, -0.1) is 12.4 Å². The minimum atomic E-state index is 0. The highest BCUT2D eigenvalue weighted by Gasteiger charge is 2.07. The third kappa shape index (κ3) is 2.03. The fourth-order valence-corrected chi connectivity index (χ4v) is 1.68. The molecule has 2 heterocycles. The Kier molecular flexibility index (Phi) is 3.65. The van der Waals surface area contributed by atoms with Gasteiger partial charge in [0.1, 0.15) is 11.3 Å². The summed E-state index contributed by atoms with van der Waals surface area (Å²) >= 11 is 1.46. The Labute approximate surface area is 81.5 Å². The quantitative estimate of drug-likeness (QED) is 0.749. The fraction of sp³-hybridized carbons (Fsp3) is 0.429. The molecule has 1 aromatic heterocycles. The lowest BCUT2D eigenvalue weighted by Gasteiger charge is -2.10. The third-order valence-corrected chi connectivity index (χ3v) is 2.40. The van der Waals surface area contributed by atoms with E-state index in [0.29, 0.717) is 0 Å². The van der Waals surface area contributed by atoms with Gasteiger partial charge in [0.25, 0.3) is 0 Å². The summed E-state index contributed by atoms with van der Waals surface area (Å²) in [5.74, 6) is 0. The molecular formula is C7H10ClN3S. The number of halogens is 1. The van der Waals surface area contributed by atoms with E-state index in [4.69, 9.17) is 0 Å². The van der Waals surface area contributed by atoms with Gasteiger partial charge >= 0.3 is 0 Å². The second kappa shape index (κ2) is 4.54. The van der Waals surface area contributed by atoms with E-state index in [2.05, 4.69) is 20.8 Å². The lowest BCUT2D eigenvalue weighted by Crippen LogP contribution is -2.21. The van der Waals surface area contributed by atoms with Crippen LogP contribution in [0.25, 0.3) is 5.57 Å². The van der Waals surface area contributed by atoms with Crippen LogP contribution in [0.2, 0.25) is 0 Å². The maximum Gasteiger partial charge on any atom is 0.140 e. The Balaban J connectivity index is 0.000000720. The topological polar surface area (TPSA) is 37.8 Å². The standard InChI is InChI=1S/C7H9N3S.ClH/c1-2-6(4-8-3-1)7-9-5-10-11-7;/h2,5,8H,1,3-4H2;1H. The molecule has 0 atom stereocenters. The van der Waals surface area contributed by atoms with Crippen molar-refractivity contribution in [3.63, 3.8) is 0 Å². The van der Waals surface area contributed by atoms with Gasteiger partial charge in [-0.3, -0.25) is 0 Å². The molecule has 0 aliphatic carbocycles. The van der Waals surface area contributed by atoms with Crippen LogP contribution in [0, 0.1) is 0 Å². The Morgan fingerprint density at radius 1 is 1.50 bits per heavy atom. The van der Waals surface area contributed by atoms with Crippen LogP contribution >= 0.6 is 23.9 Å². The van der Waals surface area contributed by atoms with Gasteiger partial charge in [0.05, 0.1) is 0 Å². The maximum atomic E-state index is 4.14. The van der Waals surface area contributed by atoms with Crippen molar-refractivity contribution >= 4 is 29.5 Å². The number of nitrogens with one attached hydrogen (secondary N) is 1. The Hall–Kier alpha value is -0.450. The van der Waals surface area contributed by atoms with Crippen molar-refractivity contribution in [3.05, 3.63) is 17.4 Å². The Morgan fingerprint density at radius 3 is 3.00 bits per heavy atom. The molecule has 0 saturated heterocycles. The minimum Gasteiger partial charge on any atom is -0.312 e. The smallest absolute Gasteiger partial charge is 0.140 e. The zero-order valence-corrected chi connectivity index (χ0v) is 8.12. The molecule has 0 saturated carbocycles. The molecule has 0 fully saturated rings. The second-order valence-corrected chi connectivity index (χ2v) is 3.22. The Bertz CT molecular complexity index is 258. The van der Waals surface area contributed by atoms with Gasteiger partial charge in [-0.2, -0.15) is 4.37 Å². The fourth-order valence-electron chi connectivity index (χ4n) is 1.12. The van der Waals surface area contributed by atoms with E-state index in [0.717, 1.165) is 24.5 Å². The number of aromatic nitrogens is 2. The molecule has 0 radical (unpaired) electrons.